The Kier molecular flexibility index (Phi) is 4.94. The number of hydrogen-bond acceptors (Lipinski definition) is 5. The molecule has 112 valence electrons. The Balaban J connectivity index is 2.24. The smallest absolute Gasteiger partial charge is 0.287 e. The summed E-state index contributed by atoms with van der Waals surface area (Å²) in [6, 6.07) is 6.06. The monoisotopic (exact) mass is 291 g/mol. The van der Waals surface area contributed by atoms with Gasteiger partial charge >= 0.3 is 0 Å². The van der Waals surface area contributed by atoms with Gasteiger partial charge in [0.25, 0.3) is 5.91 Å². The molecule has 0 aliphatic heterocycles. The van der Waals surface area contributed by atoms with Gasteiger partial charge in [0.15, 0.2) is 11.2 Å². The third-order valence-corrected chi connectivity index (χ3v) is 2.97. The van der Waals surface area contributed by atoms with E-state index >= 15 is 0 Å². The van der Waals surface area contributed by atoms with E-state index in [9.17, 15) is 9.59 Å². The summed E-state index contributed by atoms with van der Waals surface area (Å²) < 4.78 is 15.5. The number of hydrogen-bond donors (Lipinski definition) is 1. The normalized spacial score (nSPS) is 10.6. The van der Waals surface area contributed by atoms with Gasteiger partial charge in [-0.2, -0.15) is 0 Å². The van der Waals surface area contributed by atoms with Crippen LogP contribution in [0.15, 0.2) is 33.5 Å². The van der Waals surface area contributed by atoms with Crippen LogP contribution in [0.5, 0.6) is 5.75 Å². The SMILES string of the molecule is COCCCNC(=O)c1cc(=O)c2ccc(OC)cc2o1. The summed E-state index contributed by atoms with van der Waals surface area (Å²) >= 11 is 0. The lowest BCUT2D eigenvalue weighted by atomic mass is 10.2. The van der Waals surface area contributed by atoms with Crippen molar-refractivity contribution >= 4 is 16.9 Å². The number of rotatable bonds is 6. The molecule has 1 aromatic heterocycles. The Labute approximate surface area is 121 Å². The van der Waals surface area contributed by atoms with E-state index in [1.54, 1.807) is 25.3 Å². The minimum Gasteiger partial charge on any atom is -0.497 e. The van der Waals surface area contributed by atoms with Crippen LogP contribution in [0.1, 0.15) is 17.0 Å². The van der Waals surface area contributed by atoms with E-state index in [1.807, 2.05) is 0 Å². The molecule has 2 rings (SSSR count). The second-order valence-corrected chi connectivity index (χ2v) is 4.44. The molecule has 0 aliphatic rings. The van der Waals surface area contributed by atoms with Crippen molar-refractivity contribution in [1.82, 2.24) is 5.32 Å². The third-order valence-electron chi connectivity index (χ3n) is 2.97. The van der Waals surface area contributed by atoms with Gasteiger partial charge in [-0.05, 0) is 18.6 Å². The fourth-order valence-corrected chi connectivity index (χ4v) is 1.88. The van der Waals surface area contributed by atoms with E-state index in [1.165, 1.54) is 13.2 Å². The number of methoxy groups -OCH3 is 2. The first-order chi connectivity index (χ1) is 10.2. The fraction of sp³-hybridized carbons (Fsp3) is 0.333. The van der Waals surface area contributed by atoms with Crippen molar-refractivity contribution in [3.63, 3.8) is 0 Å². The second-order valence-electron chi connectivity index (χ2n) is 4.44. The summed E-state index contributed by atoms with van der Waals surface area (Å²) in [5, 5.41) is 3.08. The highest BCUT2D eigenvalue weighted by molar-refractivity contribution is 5.93. The maximum atomic E-state index is 12.0. The van der Waals surface area contributed by atoms with Crippen molar-refractivity contribution in [3.8, 4) is 5.75 Å². The lowest BCUT2D eigenvalue weighted by molar-refractivity contribution is 0.0921. The van der Waals surface area contributed by atoms with Crippen LogP contribution in [0.3, 0.4) is 0 Å². The van der Waals surface area contributed by atoms with Gasteiger partial charge in [0, 0.05) is 32.4 Å². The molecule has 2 aromatic rings. The van der Waals surface area contributed by atoms with Gasteiger partial charge in [0.1, 0.15) is 11.3 Å². The Bertz CT molecular complexity index is 692. The van der Waals surface area contributed by atoms with Crippen LogP contribution < -0.4 is 15.5 Å². The Morgan fingerprint density at radius 2 is 2.10 bits per heavy atom. The van der Waals surface area contributed by atoms with Crippen LogP contribution in [0.25, 0.3) is 11.0 Å². The van der Waals surface area contributed by atoms with Crippen molar-refractivity contribution in [3.05, 3.63) is 40.2 Å². The first kappa shape index (κ1) is 15.1. The highest BCUT2D eigenvalue weighted by Crippen LogP contribution is 2.19. The van der Waals surface area contributed by atoms with Gasteiger partial charge < -0.3 is 19.2 Å². The molecule has 0 fully saturated rings. The molecule has 21 heavy (non-hydrogen) atoms. The third kappa shape index (κ3) is 3.61. The van der Waals surface area contributed by atoms with Gasteiger partial charge in [0.05, 0.1) is 12.5 Å². The van der Waals surface area contributed by atoms with Gasteiger partial charge in [-0.25, -0.2) is 0 Å². The summed E-state index contributed by atoms with van der Waals surface area (Å²) in [6.45, 7) is 1.01. The molecule has 0 spiro atoms. The van der Waals surface area contributed by atoms with Crippen molar-refractivity contribution in [2.45, 2.75) is 6.42 Å². The Morgan fingerprint density at radius 1 is 1.29 bits per heavy atom. The van der Waals surface area contributed by atoms with E-state index in [4.69, 9.17) is 13.9 Å². The largest absolute Gasteiger partial charge is 0.497 e. The van der Waals surface area contributed by atoms with E-state index in [-0.39, 0.29) is 11.2 Å². The van der Waals surface area contributed by atoms with Crippen molar-refractivity contribution in [1.29, 1.82) is 0 Å². The predicted molar refractivity (Wildman–Crippen MR) is 77.9 cm³/mol. The highest BCUT2D eigenvalue weighted by Gasteiger charge is 2.12. The van der Waals surface area contributed by atoms with Crippen LogP contribution in [0.2, 0.25) is 0 Å². The summed E-state index contributed by atoms with van der Waals surface area (Å²) in [4.78, 5) is 23.9. The molecular weight excluding hydrogens is 274 g/mol. The van der Waals surface area contributed by atoms with Crippen LogP contribution in [-0.4, -0.2) is 33.3 Å². The Hall–Kier alpha value is -2.34. The molecule has 0 radical (unpaired) electrons. The molecule has 0 unspecified atom stereocenters. The van der Waals surface area contributed by atoms with Gasteiger partial charge in [0.2, 0.25) is 0 Å². The fourth-order valence-electron chi connectivity index (χ4n) is 1.88. The number of ether oxygens (including phenoxy) is 2. The molecule has 1 N–H and O–H groups in total. The summed E-state index contributed by atoms with van der Waals surface area (Å²) in [5.41, 5.74) is 0.0600. The number of fused-ring (bicyclic) bond motifs is 1. The lowest BCUT2D eigenvalue weighted by Crippen LogP contribution is -2.26. The number of carbonyl (C=O) groups excluding carboxylic acids is 1. The van der Waals surface area contributed by atoms with Gasteiger partial charge in [-0.3, -0.25) is 9.59 Å². The highest BCUT2D eigenvalue weighted by atomic mass is 16.5. The zero-order valence-corrected chi connectivity index (χ0v) is 12.0. The first-order valence-corrected chi connectivity index (χ1v) is 6.54. The van der Waals surface area contributed by atoms with Crippen LogP contribution >= 0.6 is 0 Å². The van der Waals surface area contributed by atoms with Crippen LogP contribution in [0, 0.1) is 0 Å². The lowest BCUT2D eigenvalue weighted by Gasteiger charge is -2.06. The molecule has 0 aliphatic carbocycles. The molecular formula is C15H17NO5. The van der Waals surface area contributed by atoms with Crippen molar-refractivity contribution in [2.75, 3.05) is 27.4 Å². The molecule has 0 atom stereocenters. The van der Waals surface area contributed by atoms with Gasteiger partial charge in [-0.15, -0.1) is 0 Å². The number of amides is 1. The Morgan fingerprint density at radius 3 is 2.81 bits per heavy atom. The van der Waals surface area contributed by atoms with Crippen LogP contribution in [-0.2, 0) is 4.74 Å². The maximum absolute atomic E-state index is 12.0. The molecule has 0 saturated heterocycles. The average molecular weight is 291 g/mol. The van der Waals surface area contributed by atoms with E-state index in [2.05, 4.69) is 5.32 Å². The molecule has 6 heteroatoms. The topological polar surface area (TPSA) is 77.8 Å². The van der Waals surface area contributed by atoms with E-state index in [0.29, 0.717) is 36.3 Å². The van der Waals surface area contributed by atoms with Crippen LogP contribution in [0.4, 0.5) is 0 Å². The first-order valence-electron chi connectivity index (χ1n) is 6.54. The molecule has 0 bridgehead atoms. The molecule has 1 amide bonds. The summed E-state index contributed by atoms with van der Waals surface area (Å²) in [5.74, 6) is 0.120. The second kappa shape index (κ2) is 6.90. The van der Waals surface area contributed by atoms with E-state index < -0.39 is 5.91 Å². The average Bonchev–Trinajstić information content (AvgIpc) is 2.50. The molecule has 6 nitrogen and oxygen atoms in total. The number of nitrogens with one attached hydrogen (secondary N) is 1. The summed E-state index contributed by atoms with van der Waals surface area (Å²) in [7, 11) is 3.11. The number of benzene rings is 1. The predicted octanol–water partition coefficient (Wildman–Crippen LogP) is 1.57. The number of carbonyl (C=O) groups is 1. The van der Waals surface area contributed by atoms with Gasteiger partial charge in [-0.1, -0.05) is 0 Å². The zero-order chi connectivity index (χ0) is 15.2. The zero-order valence-electron chi connectivity index (χ0n) is 12.0. The minimum atomic E-state index is -0.423. The molecule has 0 saturated carbocycles. The minimum absolute atomic E-state index is 0.0156. The molecule has 1 heterocycles. The quantitative estimate of drug-likeness (QED) is 0.817. The van der Waals surface area contributed by atoms with E-state index in [0.717, 1.165) is 0 Å². The van der Waals surface area contributed by atoms with Crippen molar-refractivity contribution in [2.24, 2.45) is 0 Å². The maximum Gasteiger partial charge on any atom is 0.287 e. The standard InChI is InChI=1S/C15H17NO5/c1-19-7-3-6-16-15(18)14-9-12(17)11-5-4-10(20-2)8-13(11)21-14/h4-5,8-9H,3,6-7H2,1-2H3,(H,16,18). The molecule has 1 aromatic carbocycles. The summed E-state index contributed by atoms with van der Waals surface area (Å²) in [6.07, 6.45) is 0.688. The van der Waals surface area contributed by atoms with Crippen molar-refractivity contribution < 1.29 is 18.7 Å².